The van der Waals surface area contributed by atoms with Crippen LogP contribution < -0.4 is 0 Å². The first kappa shape index (κ1) is 14.8. The SMILES string of the molecule is [O-][N+](=NO)C(c1ccccc1)(c1ccccc1)c1ccccc1. The molecule has 0 aliphatic heterocycles. The van der Waals surface area contributed by atoms with Crippen LogP contribution in [0.25, 0.3) is 0 Å². The molecule has 0 spiro atoms. The lowest BCUT2D eigenvalue weighted by Gasteiger charge is -2.29. The van der Waals surface area contributed by atoms with Gasteiger partial charge in [-0.2, -0.15) is 0 Å². The minimum Gasteiger partial charge on any atom is -0.596 e. The van der Waals surface area contributed by atoms with Crippen LogP contribution in [0, 0.1) is 5.21 Å². The summed E-state index contributed by atoms with van der Waals surface area (Å²) in [5.41, 5.74) is 0.930. The standard InChI is InChI=1S/C19H16N2O2/c22-20-21(23)19(16-10-4-1-5-11-16,17-12-6-2-7-13-17)18-14-8-3-9-15-18/h1-15,22H. The minimum atomic E-state index is -1.25. The highest BCUT2D eigenvalue weighted by Crippen LogP contribution is 2.39. The molecule has 0 heterocycles. The Morgan fingerprint density at radius 2 is 0.957 bits per heavy atom. The summed E-state index contributed by atoms with van der Waals surface area (Å²) in [4.78, 5) is 0.354. The van der Waals surface area contributed by atoms with Crippen molar-refractivity contribution in [2.45, 2.75) is 5.54 Å². The number of hydrogen-bond acceptors (Lipinski definition) is 2. The molecule has 0 radical (unpaired) electrons. The molecule has 4 nitrogen and oxygen atoms in total. The van der Waals surface area contributed by atoms with Gasteiger partial charge in [-0.3, -0.25) is 0 Å². The Morgan fingerprint density at radius 1 is 0.652 bits per heavy atom. The van der Waals surface area contributed by atoms with E-state index >= 15 is 0 Å². The number of benzene rings is 3. The fourth-order valence-corrected chi connectivity index (χ4v) is 2.94. The van der Waals surface area contributed by atoms with Gasteiger partial charge < -0.3 is 10.4 Å². The lowest BCUT2D eigenvalue weighted by Crippen LogP contribution is -2.38. The van der Waals surface area contributed by atoms with Crippen LogP contribution in [0.5, 0.6) is 0 Å². The van der Waals surface area contributed by atoms with Gasteiger partial charge in [-0.1, -0.05) is 91.0 Å². The zero-order valence-electron chi connectivity index (χ0n) is 12.4. The Balaban J connectivity index is 2.41. The van der Waals surface area contributed by atoms with Crippen LogP contribution in [0.3, 0.4) is 0 Å². The predicted molar refractivity (Wildman–Crippen MR) is 87.0 cm³/mol. The molecule has 0 saturated carbocycles. The molecule has 114 valence electrons. The first-order chi connectivity index (χ1) is 11.3. The monoisotopic (exact) mass is 304 g/mol. The molecule has 0 saturated heterocycles. The summed E-state index contributed by atoms with van der Waals surface area (Å²) in [6.07, 6.45) is 0. The van der Waals surface area contributed by atoms with Gasteiger partial charge in [0.2, 0.25) is 0 Å². The molecule has 0 amide bonds. The third-order valence-corrected chi connectivity index (χ3v) is 3.94. The number of nitrogens with zero attached hydrogens (tertiary/aromatic N) is 2. The van der Waals surface area contributed by atoms with Crippen LogP contribution in [0.2, 0.25) is 0 Å². The molecule has 3 rings (SSSR count). The van der Waals surface area contributed by atoms with Gasteiger partial charge in [0.1, 0.15) is 0 Å². The third kappa shape index (κ3) is 2.44. The van der Waals surface area contributed by atoms with Crippen LogP contribution in [-0.4, -0.2) is 10.1 Å². The van der Waals surface area contributed by atoms with Crippen molar-refractivity contribution in [2.75, 3.05) is 0 Å². The summed E-state index contributed by atoms with van der Waals surface area (Å²) in [7, 11) is 0. The highest BCUT2D eigenvalue weighted by molar-refractivity contribution is 5.46. The number of hydroxylamine groups is 1. The molecule has 0 aromatic heterocycles. The smallest absolute Gasteiger partial charge is 0.278 e. The first-order valence-electron chi connectivity index (χ1n) is 7.29. The maximum absolute atomic E-state index is 12.7. The van der Waals surface area contributed by atoms with Crippen molar-refractivity contribution in [3.05, 3.63) is 113 Å². The van der Waals surface area contributed by atoms with Gasteiger partial charge in [-0.05, 0) is 4.86 Å². The fourth-order valence-electron chi connectivity index (χ4n) is 2.94. The summed E-state index contributed by atoms with van der Waals surface area (Å²) in [6, 6.07) is 28.0. The van der Waals surface area contributed by atoms with E-state index in [1.54, 1.807) is 0 Å². The van der Waals surface area contributed by atoms with Crippen LogP contribution >= 0.6 is 0 Å². The van der Waals surface area contributed by atoms with Gasteiger partial charge in [-0.15, -0.1) is 0 Å². The maximum atomic E-state index is 12.7. The van der Waals surface area contributed by atoms with Crippen molar-refractivity contribution >= 4 is 0 Å². The minimum absolute atomic E-state index is 0.354. The maximum Gasteiger partial charge on any atom is 0.278 e. The van der Waals surface area contributed by atoms with Gasteiger partial charge in [0, 0.05) is 16.7 Å². The largest absolute Gasteiger partial charge is 0.596 e. The summed E-state index contributed by atoms with van der Waals surface area (Å²) in [5.74, 6) is 0. The molecule has 4 heteroatoms. The Bertz CT molecular complexity index is 691. The average Bonchev–Trinajstić information content (AvgIpc) is 2.65. The molecular formula is C19H16N2O2. The first-order valence-corrected chi connectivity index (χ1v) is 7.29. The van der Waals surface area contributed by atoms with Gasteiger partial charge >= 0.3 is 0 Å². The molecule has 0 aliphatic rings. The predicted octanol–water partition coefficient (Wildman–Crippen LogP) is 4.33. The normalized spacial score (nSPS) is 12.1. The highest BCUT2D eigenvalue weighted by atomic mass is 16.6. The molecule has 0 bridgehead atoms. The van der Waals surface area contributed by atoms with Gasteiger partial charge in [0.25, 0.3) is 5.54 Å². The van der Waals surface area contributed by atoms with Gasteiger partial charge in [0.05, 0.1) is 0 Å². The van der Waals surface area contributed by atoms with E-state index in [0.717, 1.165) is 16.7 Å². The Kier molecular flexibility index (Phi) is 4.06. The summed E-state index contributed by atoms with van der Waals surface area (Å²) >= 11 is 0. The van der Waals surface area contributed by atoms with E-state index in [-0.39, 0.29) is 0 Å². The summed E-state index contributed by atoms with van der Waals surface area (Å²) < 4.78 is 0. The van der Waals surface area contributed by atoms with Crippen LogP contribution in [0.1, 0.15) is 16.7 Å². The fraction of sp³-hybridized carbons (Fsp3) is 0.0526. The van der Waals surface area contributed by atoms with Crippen molar-refractivity contribution in [1.82, 2.24) is 0 Å². The van der Waals surface area contributed by atoms with Gasteiger partial charge in [0.15, 0.2) is 5.28 Å². The lowest BCUT2D eigenvalue weighted by atomic mass is 9.77. The Morgan fingerprint density at radius 3 is 1.22 bits per heavy atom. The quantitative estimate of drug-likeness (QED) is 0.337. The van der Waals surface area contributed by atoms with E-state index in [2.05, 4.69) is 5.28 Å². The molecule has 23 heavy (non-hydrogen) atoms. The molecule has 3 aromatic carbocycles. The average molecular weight is 304 g/mol. The van der Waals surface area contributed by atoms with Crippen molar-refractivity contribution in [2.24, 2.45) is 5.28 Å². The second-order valence-electron chi connectivity index (χ2n) is 5.17. The molecule has 3 aromatic rings. The second kappa shape index (κ2) is 6.32. The van der Waals surface area contributed by atoms with Crippen LogP contribution in [-0.2, 0) is 5.54 Å². The topological polar surface area (TPSA) is 58.7 Å². The number of hydrogen-bond donors (Lipinski definition) is 1. The van der Waals surface area contributed by atoms with Crippen molar-refractivity contribution < 1.29 is 10.1 Å². The summed E-state index contributed by atoms with van der Waals surface area (Å²) in [5, 5.41) is 25.0. The van der Waals surface area contributed by atoms with E-state index in [0.29, 0.717) is 4.86 Å². The highest BCUT2D eigenvalue weighted by Gasteiger charge is 2.47. The summed E-state index contributed by atoms with van der Waals surface area (Å²) in [6.45, 7) is 0. The van der Waals surface area contributed by atoms with Crippen LogP contribution in [0.15, 0.2) is 96.3 Å². The second-order valence-corrected chi connectivity index (χ2v) is 5.17. The lowest BCUT2D eigenvalue weighted by molar-refractivity contribution is -0.619. The molecule has 1 N–H and O–H groups in total. The van der Waals surface area contributed by atoms with E-state index < -0.39 is 5.54 Å². The van der Waals surface area contributed by atoms with E-state index in [4.69, 9.17) is 0 Å². The van der Waals surface area contributed by atoms with Gasteiger partial charge in [-0.25, -0.2) is 0 Å². The van der Waals surface area contributed by atoms with E-state index in [9.17, 15) is 10.4 Å². The third-order valence-electron chi connectivity index (χ3n) is 3.94. The molecular weight excluding hydrogens is 288 g/mol. The molecule has 0 aliphatic carbocycles. The Hall–Kier alpha value is -3.14. The van der Waals surface area contributed by atoms with E-state index in [1.807, 2.05) is 91.0 Å². The van der Waals surface area contributed by atoms with Crippen molar-refractivity contribution in [3.63, 3.8) is 0 Å². The van der Waals surface area contributed by atoms with Crippen molar-refractivity contribution in [1.29, 1.82) is 0 Å². The van der Waals surface area contributed by atoms with Crippen LogP contribution in [0.4, 0.5) is 0 Å². The zero-order chi connectivity index (χ0) is 16.1. The molecule has 0 fully saturated rings. The Labute approximate surface area is 134 Å². The van der Waals surface area contributed by atoms with Crippen molar-refractivity contribution in [3.8, 4) is 0 Å². The zero-order valence-corrected chi connectivity index (χ0v) is 12.4. The molecule has 0 atom stereocenters. The molecule has 0 unspecified atom stereocenters. The van der Waals surface area contributed by atoms with E-state index in [1.165, 1.54) is 0 Å². The number of rotatable bonds is 4.